The summed E-state index contributed by atoms with van der Waals surface area (Å²) in [5, 5.41) is 10.5. The van der Waals surface area contributed by atoms with Crippen molar-refractivity contribution in [2.75, 3.05) is 13.1 Å². The third-order valence-corrected chi connectivity index (χ3v) is 3.51. The average Bonchev–Trinajstić information content (AvgIpc) is 2.33. The highest BCUT2D eigenvalue weighted by Gasteiger charge is 2.46. The summed E-state index contributed by atoms with van der Waals surface area (Å²) < 4.78 is 5.27. The van der Waals surface area contributed by atoms with Gasteiger partial charge in [0, 0.05) is 5.88 Å². The summed E-state index contributed by atoms with van der Waals surface area (Å²) in [4.78, 5) is 13.3. The third kappa shape index (κ3) is 3.25. The smallest absolute Gasteiger partial charge is 0.410 e. The van der Waals surface area contributed by atoms with E-state index in [9.17, 15) is 9.90 Å². The Morgan fingerprint density at radius 2 is 1.90 bits per heavy atom. The van der Waals surface area contributed by atoms with E-state index >= 15 is 0 Å². The van der Waals surface area contributed by atoms with Crippen LogP contribution in [0.1, 0.15) is 31.9 Å². The number of benzene rings is 1. The van der Waals surface area contributed by atoms with E-state index in [0.717, 1.165) is 11.1 Å². The minimum atomic E-state index is -0.984. The molecule has 1 N–H and O–H groups in total. The maximum absolute atomic E-state index is 11.8. The Labute approximate surface area is 124 Å². The van der Waals surface area contributed by atoms with Crippen LogP contribution in [-0.4, -0.2) is 34.8 Å². The predicted octanol–water partition coefficient (Wildman–Crippen LogP) is 2.86. The van der Waals surface area contributed by atoms with Gasteiger partial charge in [0.25, 0.3) is 0 Å². The molecular formula is C15H20ClNO3. The summed E-state index contributed by atoms with van der Waals surface area (Å²) in [5.41, 5.74) is 0.294. The first-order valence-electron chi connectivity index (χ1n) is 6.59. The molecule has 0 atom stereocenters. The predicted molar refractivity (Wildman–Crippen MR) is 77.7 cm³/mol. The molecule has 20 heavy (non-hydrogen) atoms. The van der Waals surface area contributed by atoms with Gasteiger partial charge in [-0.3, -0.25) is 0 Å². The molecule has 1 heterocycles. The Kier molecular flexibility index (Phi) is 3.98. The lowest BCUT2D eigenvalue weighted by Gasteiger charge is -2.46. The van der Waals surface area contributed by atoms with Crippen LogP contribution in [0.15, 0.2) is 24.3 Å². The summed E-state index contributed by atoms with van der Waals surface area (Å²) in [6.45, 7) is 5.97. The third-order valence-electron chi connectivity index (χ3n) is 3.20. The number of rotatable bonds is 2. The van der Waals surface area contributed by atoms with Crippen LogP contribution in [0.3, 0.4) is 0 Å². The van der Waals surface area contributed by atoms with E-state index < -0.39 is 11.2 Å². The molecule has 5 heteroatoms. The first-order valence-corrected chi connectivity index (χ1v) is 7.13. The fraction of sp³-hybridized carbons (Fsp3) is 0.533. The van der Waals surface area contributed by atoms with E-state index in [0.29, 0.717) is 5.88 Å². The average molecular weight is 298 g/mol. The van der Waals surface area contributed by atoms with Crippen molar-refractivity contribution in [2.24, 2.45) is 0 Å². The normalized spacial score (nSPS) is 17.6. The molecule has 1 fully saturated rings. The van der Waals surface area contributed by atoms with Gasteiger partial charge in [0.05, 0.1) is 13.1 Å². The lowest BCUT2D eigenvalue weighted by molar-refractivity contribution is -0.103. The molecule has 0 radical (unpaired) electrons. The highest BCUT2D eigenvalue weighted by molar-refractivity contribution is 6.17. The Morgan fingerprint density at radius 3 is 2.35 bits per heavy atom. The van der Waals surface area contributed by atoms with E-state index in [2.05, 4.69) is 0 Å². The Morgan fingerprint density at radius 1 is 1.35 bits per heavy atom. The topological polar surface area (TPSA) is 49.8 Å². The molecule has 1 saturated heterocycles. The maximum atomic E-state index is 11.8. The van der Waals surface area contributed by atoms with Gasteiger partial charge in [0.15, 0.2) is 0 Å². The molecule has 4 nitrogen and oxygen atoms in total. The Bertz CT molecular complexity index is 487. The van der Waals surface area contributed by atoms with Crippen LogP contribution in [-0.2, 0) is 16.2 Å². The number of amides is 1. The number of carbonyl (C=O) groups is 1. The fourth-order valence-corrected chi connectivity index (χ4v) is 2.31. The molecule has 0 unspecified atom stereocenters. The molecule has 0 spiro atoms. The van der Waals surface area contributed by atoms with Gasteiger partial charge in [0.1, 0.15) is 11.2 Å². The maximum Gasteiger partial charge on any atom is 0.410 e. The van der Waals surface area contributed by atoms with Crippen molar-refractivity contribution in [3.05, 3.63) is 35.4 Å². The number of carbonyl (C=O) groups excluding carboxylic acids is 1. The van der Waals surface area contributed by atoms with Crippen LogP contribution in [0.4, 0.5) is 4.79 Å². The first-order chi connectivity index (χ1) is 9.23. The van der Waals surface area contributed by atoms with Crippen molar-refractivity contribution >= 4 is 17.7 Å². The number of hydrogen-bond donors (Lipinski definition) is 1. The highest BCUT2D eigenvalue weighted by atomic mass is 35.5. The van der Waals surface area contributed by atoms with Crippen molar-refractivity contribution in [1.82, 2.24) is 4.90 Å². The summed E-state index contributed by atoms with van der Waals surface area (Å²) >= 11 is 5.74. The molecule has 110 valence electrons. The monoisotopic (exact) mass is 297 g/mol. The number of ether oxygens (including phenoxy) is 1. The summed E-state index contributed by atoms with van der Waals surface area (Å²) in [7, 11) is 0. The minimum absolute atomic E-state index is 0.252. The fourth-order valence-electron chi connectivity index (χ4n) is 2.13. The molecule has 0 bridgehead atoms. The quantitative estimate of drug-likeness (QED) is 0.854. The van der Waals surface area contributed by atoms with Gasteiger partial charge < -0.3 is 14.7 Å². The van der Waals surface area contributed by atoms with Crippen LogP contribution < -0.4 is 0 Å². The van der Waals surface area contributed by atoms with Crippen molar-refractivity contribution in [3.63, 3.8) is 0 Å². The molecule has 1 aliphatic rings. The van der Waals surface area contributed by atoms with Crippen molar-refractivity contribution < 1.29 is 14.6 Å². The van der Waals surface area contributed by atoms with Gasteiger partial charge in [-0.25, -0.2) is 4.79 Å². The van der Waals surface area contributed by atoms with Crippen LogP contribution in [0.25, 0.3) is 0 Å². The van der Waals surface area contributed by atoms with E-state index in [1.807, 2.05) is 45.0 Å². The summed E-state index contributed by atoms with van der Waals surface area (Å²) in [6, 6.07) is 7.47. The minimum Gasteiger partial charge on any atom is -0.444 e. The van der Waals surface area contributed by atoms with Gasteiger partial charge in [-0.2, -0.15) is 0 Å². The lowest BCUT2D eigenvalue weighted by atomic mass is 9.86. The Hall–Kier alpha value is -1.26. The summed E-state index contributed by atoms with van der Waals surface area (Å²) in [5.74, 6) is 0.447. The second-order valence-electron chi connectivity index (χ2n) is 6.20. The number of likely N-dealkylation sites (tertiary alicyclic amines) is 1. The second kappa shape index (κ2) is 5.26. The number of halogens is 1. The van der Waals surface area contributed by atoms with E-state index in [-0.39, 0.29) is 19.2 Å². The summed E-state index contributed by atoms with van der Waals surface area (Å²) in [6.07, 6.45) is -0.389. The number of β-amino-alcohol motifs (C(OH)–C–C–N with tert-alkyl or cyclic N) is 1. The molecule has 0 aliphatic carbocycles. The van der Waals surface area contributed by atoms with E-state index in [1.54, 1.807) is 0 Å². The molecule has 1 aromatic carbocycles. The van der Waals surface area contributed by atoms with Crippen LogP contribution >= 0.6 is 11.6 Å². The van der Waals surface area contributed by atoms with Gasteiger partial charge >= 0.3 is 6.09 Å². The largest absolute Gasteiger partial charge is 0.444 e. The van der Waals surface area contributed by atoms with Gasteiger partial charge in [0.2, 0.25) is 0 Å². The number of hydrogen-bond acceptors (Lipinski definition) is 3. The van der Waals surface area contributed by atoms with Crippen LogP contribution in [0.5, 0.6) is 0 Å². The lowest BCUT2D eigenvalue weighted by Crippen LogP contribution is -2.61. The van der Waals surface area contributed by atoms with Crippen LogP contribution in [0.2, 0.25) is 0 Å². The molecule has 2 rings (SSSR count). The number of aliphatic hydroxyl groups is 1. The number of nitrogens with zero attached hydrogens (tertiary/aromatic N) is 1. The molecule has 0 aromatic heterocycles. The van der Waals surface area contributed by atoms with Crippen LogP contribution in [0, 0.1) is 0 Å². The van der Waals surface area contributed by atoms with Crippen molar-refractivity contribution in [3.8, 4) is 0 Å². The highest BCUT2D eigenvalue weighted by Crippen LogP contribution is 2.33. The van der Waals surface area contributed by atoms with Crippen molar-refractivity contribution in [1.29, 1.82) is 0 Å². The zero-order chi connectivity index (χ0) is 15.0. The van der Waals surface area contributed by atoms with Gasteiger partial charge in [-0.05, 0) is 31.9 Å². The SMILES string of the molecule is CC(C)(C)OC(=O)N1CC(O)(c2ccc(CCl)cc2)C1. The Balaban J connectivity index is 1.98. The molecular weight excluding hydrogens is 278 g/mol. The number of alkyl halides is 1. The van der Waals surface area contributed by atoms with Gasteiger partial charge in [-0.15, -0.1) is 11.6 Å². The van der Waals surface area contributed by atoms with E-state index in [4.69, 9.17) is 16.3 Å². The molecule has 0 saturated carbocycles. The zero-order valence-corrected chi connectivity index (χ0v) is 12.8. The molecule has 1 aliphatic heterocycles. The zero-order valence-electron chi connectivity index (χ0n) is 12.0. The van der Waals surface area contributed by atoms with Gasteiger partial charge in [-0.1, -0.05) is 24.3 Å². The standard InChI is InChI=1S/C15H20ClNO3/c1-14(2,3)20-13(18)17-9-15(19,10-17)12-6-4-11(8-16)5-7-12/h4-7,19H,8-10H2,1-3H3. The second-order valence-corrected chi connectivity index (χ2v) is 6.47. The van der Waals surface area contributed by atoms with E-state index in [1.165, 1.54) is 4.90 Å². The van der Waals surface area contributed by atoms with Crippen molar-refractivity contribution in [2.45, 2.75) is 37.9 Å². The molecule has 1 aromatic rings. The first kappa shape index (κ1) is 15.1. The molecule has 1 amide bonds.